The zero-order valence-corrected chi connectivity index (χ0v) is 11.0. The van der Waals surface area contributed by atoms with E-state index < -0.39 is 6.10 Å². The van der Waals surface area contributed by atoms with Gasteiger partial charge in [-0.3, -0.25) is 4.40 Å². The van der Waals surface area contributed by atoms with E-state index >= 15 is 0 Å². The molecule has 0 radical (unpaired) electrons. The standard InChI is InChI=1S/C14H13N3OS/c18-12(11-6-2-1-3-7-11)10-19-14-16-15-13-8-4-5-9-17(13)14/h1-9,12,18H,10H2/t12-/m1/s1. The summed E-state index contributed by atoms with van der Waals surface area (Å²) in [7, 11) is 0. The SMILES string of the molecule is O[C@H](CSc1nnc2ccccn12)c1ccccc1. The van der Waals surface area contributed by atoms with Crippen LogP contribution in [-0.4, -0.2) is 25.5 Å². The highest BCUT2D eigenvalue weighted by atomic mass is 32.2. The summed E-state index contributed by atoms with van der Waals surface area (Å²) >= 11 is 1.50. The number of fused-ring (bicyclic) bond motifs is 1. The van der Waals surface area contributed by atoms with Crippen LogP contribution in [0.5, 0.6) is 0 Å². The Kier molecular flexibility index (Phi) is 3.48. The molecule has 0 aliphatic carbocycles. The molecule has 0 unspecified atom stereocenters. The number of hydrogen-bond donors (Lipinski definition) is 1. The van der Waals surface area contributed by atoms with Crippen molar-refractivity contribution in [2.45, 2.75) is 11.3 Å². The lowest BCUT2D eigenvalue weighted by molar-refractivity contribution is 0.204. The number of aromatic nitrogens is 3. The highest BCUT2D eigenvalue weighted by molar-refractivity contribution is 7.99. The van der Waals surface area contributed by atoms with Crippen LogP contribution in [0.25, 0.3) is 5.65 Å². The van der Waals surface area contributed by atoms with Crippen molar-refractivity contribution in [2.24, 2.45) is 0 Å². The Morgan fingerprint density at radius 2 is 1.84 bits per heavy atom. The third-order valence-electron chi connectivity index (χ3n) is 2.84. The first kappa shape index (κ1) is 12.2. The number of nitrogens with zero attached hydrogens (tertiary/aromatic N) is 3. The molecule has 0 saturated heterocycles. The Morgan fingerprint density at radius 3 is 2.68 bits per heavy atom. The summed E-state index contributed by atoms with van der Waals surface area (Å²) in [5.74, 6) is 0.555. The summed E-state index contributed by atoms with van der Waals surface area (Å²) in [6.45, 7) is 0. The van der Waals surface area contributed by atoms with Crippen LogP contribution in [0.2, 0.25) is 0 Å². The first-order chi connectivity index (χ1) is 9.34. The monoisotopic (exact) mass is 271 g/mol. The van der Waals surface area contributed by atoms with Crippen molar-refractivity contribution in [1.29, 1.82) is 0 Å². The molecule has 2 aromatic heterocycles. The molecule has 1 N–H and O–H groups in total. The molecule has 0 saturated carbocycles. The first-order valence-electron chi connectivity index (χ1n) is 6.00. The lowest BCUT2D eigenvalue weighted by Gasteiger charge is -2.09. The summed E-state index contributed by atoms with van der Waals surface area (Å²) in [6.07, 6.45) is 1.43. The number of aliphatic hydroxyl groups is 1. The molecule has 0 spiro atoms. The van der Waals surface area contributed by atoms with E-state index in [-0.39, 0.29) is 0 Å². The van der Waals surface area contributed by atoms with E-state index in [2.05, 4.69) is 10.2 Å². The average Bonchev–Trinajstić information content (AvgIpc) is 2.89. The van der Waals surface area contributed by atoms with Crippen molar-refractivity contribution in [1.82, 2.24) is 14.6 Å². The van der Waals surface area contributed by atoms with Crippen LogP contribution in [0, 0.1) is 0 Å². The molecule has 5 heteroatoms. The first-order valence-corrected chi connectivity index (χ1v) is 6.99. The van der Waals surface area contributed by atoms with Gasteiger partial charge < -0.3 is 5.11 Å². The molecule has 2 heterocycles. The predicted octanol–water partition coefficient (Wildman–Crippen LogP) is 2.56. The number of thioether (sulfide) groups is 1. The molecule has 0 bridgehead atoms. The quantitative estimate of drug-likeness (QED) is 0.741. The minimum atomic E-state index is -0.498. The topological polar surface area (TPSA) is 50.4 Å². The van der Waals surface area contributed by atoms with Gasteiger partial charge in [-0.25, -0.2) is 0 Å². The van der Waals surface area contributed by atoms with Crippen LogP contribution in [0.1, 0.15) is 11.7 Å². The van der Waals surface area contributed by atoms with Gasteiger partial charge in [-0.15, -0.1) is 10.2 Å². The number of benzene rings is 1. The summed E-state index contributed by atoms with van der Waals surface area (Å²) in [6, 6.07) is 15.4. The molecule has 0 aliphatic rings. The van der Waals surface area contributed by atoms with Crippen LogP contribution in [0.4, 0.5) is 0 Å². The molecule has 1 atom stereocenters. The molecular formula is C14H13N3OS. The summed E-state index contributed by atoms with van der Waals surface area (Å²) < 4.78 is 1.92. The molecule has 96 valence electrons. The van der Waals surface area contributed by atoms with Crippen molar-refractivity contribution < 1.29 is 5.11 Å². The summed E-state index contributed by atoms with van der Waals surface area (Å²) in [4.78, 5) is 0. The smallest absolute Gasteiger partial charge is 0.195 e. The zero-order valence-electron chi connectivity index (χ0n) is 10.2. The van der Waals surface area contributed by atoms with Crippen LogP contribution in [-0.2, 0) is 0 Å². The van der Waals surface area contributed by atoms with Gasteiger partial charge in [0.25, 0.3) is 0 Å². The Hall–Kier alpha value is -1.85. The minimum Gasteiger partial charge on any atom is -0.388 e. The fourth-order valence-corrected chi connectivity index (χ4v) is 2.73. The highest BCUT2D eigenvalue weighted by Gasteiger charge is 2.11. The number of rotatable bonds is 4. The van der Waals surface area contributed by atoms with Gasteiger partial charge in [-0.2, -0.15) is 0 Å². The second-order valence-corrected chi connectivity index (χ2v) is 5.14. The van der Waals surface area contributed by atoms with Crippen LogP contribution in [0.15, 0.2) is 59.9 Å². The van der Waals surface area contributed by atoms with Gasteiger partial charge in [0.05, 0.1) is 6.10 Å². The van der Waals surface area contributed by atoms with Gasteiger partial charge in [0, 0.05) is 11.9 Å². The van der Waals surface area contributed by atoms with Crippen molar-refractivity contribution >= 4 is 17.4 Å². The number of aliphatic hydroxyl groups excluding tert-OH is 1. The van der Waals surface area contributed by atoms with Gasteiger partial charge >= 0.3 is 0 Å². The molecule has 0 fully saturated rings. The van der Waals surface area contributed by atoms with Gasteiger partial charge in [0.2, 0.25) is 0 Å². The molecule has 3 rings (SSSR count). The number of hydrogen-bond acceptors (Lipinski definition) is 4. The Morgan fingerprint density at radius 1 is 1.05 bits per heavy atom. The predicted molar refractivity (Wildman–Crippen MR) is 75.1 cm³/mol. The average molecular weight is 271 g/mol. The fourth-order valence-electron chi connectivity index (χ4n) is 1.84. The Labute approximate surface area is 115 Å². The molecule has 0 aliphatic heterocycles. The maximum Gasteiger partial charge on any atom is 0.195 e. The maximum absolute atomic E-state index is 10.1. The van der Waals surface area contributed by atoms with Crippen molar-refractivity contribution in [3.63, 3.8) is 0 Å². The molecular weight excluding hydrogens is 258 g/mol. The summed E-state index contributed by atoms with van der Waals surface area (Å²) in [5.41, 5.74) is 1.74. The zero-order chi connectivity index (χ0) is 13.1. The largest absolute Gasteiger partial charge is 0.388 e. The van der Waals surface area contributed by atoms with Gasteiger partial charge in [-0.05, 0) is 17.7 Å². The van der Waals surface area contributed by atoms with Gasteiger partial charge in [0.1, 0.15) is 0 Å². The molecule has 0 amide bonds. The van der Waals surface area contributed by atoms with Crippen molar-refractivity contribution in [3.05, 3.63) is 60.3 Å². The van der Waals surface area contributed by atoms with E-state index in [0.717, 1.165) is 16.4 Å². The summed E-state index contributed by atoms with van der Waals surface area (Å²) in [5, 5.41) is 19.1. The number of pyridine rings is 1. The second kappa shape index (κ2) is 5.42. The molecule has 3 aromatic rings. The highest BCUT2D eigenvalue weighted by Crippen LogP contribution is 2.23. The van der Waals surface area contributed by atoms with E-state index in [1.807, 2.05) is 59.1 Å². The van der Waals surface area contributed by atoms with Gasteiger partial charge in [0.15, 0.2) is 10.8 Å². The third kappa shape index (κ3) is 2.62. The van der Waals surface area contributed by atoms with Crippen LogP contribution in [0.3, 0.4) is 0 Å². The Balaban J connectivity index is 1.73. The lowest BCUT2D eigenvalue weighted by Crippen LogP contribution is -2.01. The lowest BCUT2D eigenvalue weighted by atomic mass is 10.1. The molecule has 19 heavy (non-hydrogen) atoms. The van der Waals surface area contributed by atoms with Crippen molar-refractivity contribution in [2.75, 3.05) is 5.75 Å². The second-order valence-electron chi connectivity index (χ2n) is 4.15. The van der Waals surface area contributed by atoms with Crippen LogP contribution >= 0.6 is 11.8 Å². The fraction of sp³-hybridized carbons (Fsp3) is 0.143. The third-order valence-corrected chi connectivity index (χ3v) is 3.86. The van der Waals surface area contributed by atoms with E-state index in [0.29, 0.717) is 5.75 Å². The molecule has 1 aromatic carbocycles. The van der Waals surface area contributed by atoms with Crippen LogP contribution < -0.4 is 0 Å². The normalized spacial score (nSPS) is 12.7. The minimum absolute atomic E-state index is 0.498. The van der Waals surface area contributed by atoms with E-state index in [1.54, 1.807) is 0 Å². The Bertz CT molecular complexity index is 669. The van der Waals surface area contributed by atoms with Gasteiger partial charge in [-0.1, -0.05) is 48.2 Å². The maximum atomic E-state index is 10.1. The van der Waals surface area contributed by atoms with Crippen molar-refractivity contribution in [3.8, 4) is 0 Å². The van der Waals surface area contributed by atoms with E-state index in [1.165, 1.54) is 11.8 Å². The van der Waals surface area contributed by atoms with E-state index in [4.69, 9.17) is 0 Å². The molecule has 4 nitrogen and oxygen atoms in total. The van der Waals surface area contributed by atoms with E-state index in [9.17, 15) is 5.11 Å².